The van der Waals surface area contributed by atoms with Crippen molar-refractivity contribution in [2.75, 3.05) is 0 Å². The Bertz CT molecular complexity index is 1060. The number of fused-ring (bicyclic) bond motifs is 1. The SMILES string of the molecule is O=C(NO)C(c1ccccc1)c1cccc(-c2csc3ccccc23)c1. The highest BCUT2D eigenvalue weighted by atomic mass is 32.1. The molecule has 0 aliphatic heterocycles. The van der Waals surface area contributed by atoms with E-state index >= 15 is 0 Å². The molecule has 4 rings (SSSR count). The number of amides is 1. The molecule has 4 aromatic rings. The Morgan fingerprint density at radius 3 is 2.42 bits per heavy atom. The highest BCUT2D eigenvalue weighted by Gasteiger charge is 2.22. The molecule has 1 atom stereocenters. The molecule has 0 radical (unpaired) electrons. The van der Waals surface area contributed by atoms with E-state index in [2.05, 4.69) is 23.6 Å². The van der Waals surface area contributed by atoms with Gasteiger partial charge in [0.05, 0.1) is 5.92 Å². The van der Waals surface area contributed by atoms with Crippen LogP contribution >= 0.6 is 11.3 Å². The lowest BCUT2D eigenvalue weighted by Gasteiger charge is -2.16. The molecule has 3 nitrogen and oxygen atoms in total. The van der Waals surface area contributed by atoms with Gasteiger partial charge in [-0.15, -0.1) is 11.3 Å². The molecule has 1 aromatic heterocycles. The molecule has 0 fully saturated rings. The number of hydroxylamine groups is 1. The molecule has 1 unspecified atom stereocenters. The van der Waals surface area contributed by atoms with Crippen molar-refractivity contribution in [3.8, 4) is 11.1 Å². The molecule has 0 aliphatic carbocycles. The summed E-state index contributed by atoms with van der Waals surface area (Å²) >= 11 is 1.71. The van der Waals surface area contributed by atoms with E-state index in [0.717, 1.165) is 22.3 Å². The van der Waals surface area contributed by atoms with Crippen molar-refractivity contribution in [1.82, 2.24) is 5.48 Å². The van der Waals surface area contributed by atoms with Crippen LogP contribution in [-0.2, 0) is 4.79 Å². The van der Waals surface area contributed by atoms with Gasteiger partial charge in [-0.3, -0.25) is 10.0 Å². The van der Waals surface area contributed by atoms with Gasteiger partial charge in [-0.05, 0) is 34.2 Å². The molecule has 0 aliphatic rings. The summed E-state index contributed by atoms with van der Waals surface area (Å²) in [5.41, 5.74) is 5.71. The third-order valence-electron chi connectivity index (χ3n) is 4.52. The first-order valence-electron chi connectivity index (χ1n) is 8.33. The molecular weight excluding hydrogens is 342 g/mol. The molecule has 3 aromatic carbocycles. The Balaban J connectivity index is 1.82. The van der Waals surface area contributed by atoms with Gasteiger partial charge in [-0.2, -0.15) is 0 Å². The van der Waals surface area contributed by atoms with Gasteiger partial charge in [-0.25, -0.2) is 5.48 Å². The maximum absolute atomic E-state index is 12.4. The van der Waals surface area contributed by atoms with E-state index in [0.29, 0.717) is 0 Å². The van der Waals surface area contributed by atoms with Crippen molar-refractivity contribution in [3.05, 3.63) is 95.4 Å². The number of thiophene rings is 1. The lowest BCUT2D eigenvalue weighted by Crippen LogP contribution is -2.27. The van der Waals surface area contributed by atoms with Gasteiger partial charge in [0.1, 0.15) is 0 Å². The molecule has 0 bridgehead atoms. The van der Waals surface area contributed by atoms with E-state index in [1.807, 2.05) is 66.1 Å². The highest BCUT2D eigenvalue weighted by Crippen LogP contribution is 2.35. The second kappa shape index (κ2) is 7.12. The van der Waals surface area contributed by atoms with Crippen LogP contribution in [0.5, 0.6) is 0 Å². The van der Waals surface area contributed by atoms with Gasteiger partial charge in [-0.1, -0.05) is 66.7 Å². The molecule has 1 amide bonds. The van der Waals surface area contributed by atoms with Gasteiger partial charge in [0.2, 0.25) is 0 Å². The van der Waals surface area contributed by atoms with Crippen molar-refractivity contribution in [2.45, 2.75) is 5.92 Å². The largest absolute Gasteiger partial charge is 0.289 e. The van der Waals surface area contributed by atoms with Crippen LogP contribution in [0, 0.1) is 0 Å². The van der Waals surface area contributed by atoms with Crippen LogP contribution in [0.2, 0.25) is 0 Å². The van der Waals surface area contributed by atoms with Crippen LogP contribution in [0.1, 0.15) is 17.0 Å². The number of benzene rings is 3. The van der Waals surface area contributed by atoms with Crippen molar-refractivity contribution < 1.29 is 10.0 Å². The molecule has 4 heteroatoms. The number of nitrogens with one attached hydrogen (secondary N) is 1. The highest BCUT2D eigenvalue weighted by molar-refractivity contribution is 7.17. The quantitative estimate of drug-likeness (QED) is 0.388. The molecule has 0 saturated carbocycles. The van der Waals surface area contributed by atoms with E-state index in [1.54, 1.807) is 11.3 Å². The van der Waals surface area contributed by atoms with E-state index in [-0.39, 0.29) is 0 Å². The van der Waals surface area contributed by atoms with Gasteiger partial charge in [0, 0.05) is 15.6 Å². The van der Waals surface area contributed by atoms with Crippen molar-refractivity contribution in [2.24, 2.45) is 0 Å². The third-order valence-corrected chi connectivity index (χ3v) is 5.48. The zero-order chi connectivity index (χ0) is 17.9. The minimum absolute atomic E-state index is 0.441. The van der Waals surface area contributed by atoms with Crippen LogP contribution in [0.4, 0.5) is 0 Å². The first kappa shape index (κ1) is 16.5. The van der Waals surface area contributed by atoms with Crippen LogP contribution in [0.3, 0.4) is 0 Å². The number of hydrogen-bond acceptors (Lipinski definition) is 3. The van der Waals surface area contributed by atoms with E-state index < -0.39 is 11.8 Å². The van der Waals surface area contributed by atoms with Gasteiger partial charge in [0.25, 0.3) is 5.91 Å². The Morgan fingerprint density at radius 1 is 0.885 bits per heavy atom. The summed E-state index contributed by atoms with van der Waals surface area (Å²) in [6, 6.07) is 25.7. The summed E-state index contributed by atoms with van der Waals surface area (Å²) in [6.45, 7) is 0. The molecule has 1 heterocycles. The predicted octanol–water partition coefficient (Wildman–Crippen LogP) is 5.21. The van der Waals surface area contributed by atoms with Crippen LogP contribution in [0.15, 0.2) is 84.2 Å². The van der Waals surface area contributed by atoms with Crippen molar-refractivity contribution in [3.63, 3.8) is 0 Å². The molecule has 26 heavy (non-hydrogen) atoms. The molecular formula is C22H17NO2S. The smallest absolute Gasteiger partial charge is 0.255 e. The lowest BCUT2D eigenvalue weighted by atomic mass is 9.89. The zero-order valence-corrected chi connectivity index (χ0v) is 14.7. The lowest BCUT2D eigenvalue weighted by molar-refractivity contribution is -0.129. The van der Waals surface area contributed by atoms with E-state index in [4.69, 9.17) is 0 Å². The zero-order valence-electron chi connectivity index (χ0n) is 13.9. The summed E-state index contributed by atoms with van der Waals surface area (Å²) in [6.07, 6.45) is 0. The van der Waals surface area contributed by atoms with Crippen LogP contribution in [0.25, 0.3) is 21.2 Å². The Morgan fingerprint density at radius 2 is 1.62 bits per heavy atom. The normalized spacial score (nSPS) is 12.0. The molecule has 0 saturated heterocycles. The fourth-order valence-corrected chi connectivity index (χ4v) is 4.26. The summed E-state index contributed by atoms with van der Waals surface area (Å²) in [5, 5.41) is 12.6. The monoisotopic (exact) mass is 359 g/mol. The Hall–Kier alpha value is -2.95. The fraction of sp³-hybridized carbons (Fsp3) is 0.0455. The average Bonchev–Trinajstić information content (AvgIpc) is 3.13. The van der Waals surface area contributed by atoms with Crippen molar-refractivity contribution >= 4 is 27.3 Å². The average molecular weight is 359 g/mol. The first-order valence-corrected chi connectivity index (χ1v) is 9.21. The van der Waals surface area contributed by atoms with Crippen molar-refractivity contribution in [1.29, 1.82) is 0 Å². The fourth-order valence-electron chi connectivity index (χ4n) is 3.29. The Labute approximate surface area is 155 Å². The Kier molecular flexibility index (Phi) is 4.52. The van der Waals surface area contributed by atoms with E-state index in [1.165, 1.54) is 10.1 Å². The van der Waals surface area contributed by atoms with E-state index in [9.17, 15) is 10.0 Å². The summed E-state index contributed by atoms with van der Waals surface area (Å²) in [7, 11) is 0. The minimum atomic E-state index is -0.564. The summed E-state index contributed by atoms with van der Waals surface area (Å²) < 4.78 is 1.24. The predicted molar refractivity (Wildman–Crippen MR) is 105 cm³/mol. The van der Waals surface area contributed by atoms with Crippen LogP contribution < -0.4 is 5.48 Å². The van der Waals surface area contributed by atoms with Gasteiger partial charge < -0.3 is 0 Å². The number of carbonyl (C=O) groups excluding carboxylic acids is 1. The minimum Gasteiger partial charge on any atom is -0.289 e. The maximum Gasteiger partial charge on any atom is 0.255 e. The molecule has 0 spiro atoms. The third kappa shape index (κ3) is 3.01. The topological polar surface area (TPSA) is 49.3 Å². The standard InChI is InChI=1S/C22H17NO2S/c24-22(23-25)21(15-7-2-1-3-8-15)17-10-6-9-16(13-17)19-14-26-20-12-5-4-11-18(19)20/h1-14,21,25H,(H,23,24). The number of hydrogen-bond donors (Lipinski definition) is 2. The summed E-state index contributed by atoms with van der Waals surface area (Å²) in [5.74, 6) is -1.01. The molecule has 2 N–H and O–H groups in total. The van der Waals surface area contributed by atoms with Gasteiger partial charge in [0.15, 0.2) is 0 Å². The van der Waals surface area contributed by atoms with Crippen LogP contribution in [-0.4, -0.2) is 11.1 Å². The number of carbonyl (C=O) groups is 1. The maximum atomic E-state index is 12.4. The second-order valence-corrected chi connectivity index (χ2v) is 7.00. The van der Waals surface area contributed by atoms with Gasteiger partial charge >= 0.3 is 0 Å². The molecule has 128 valence electrons. The first-order chi connectivity index (χ1) is 12.8. The number of rotatable bonds is 4. The second-order valence-electron chi connectivity index (χ2n) is 6.09. The summed E-state index contributed by atoms with van der Waals surface area (Å²) in [4.78, 5) is 12.4.